The van der Waals surface area contributed by atoms with Crippen LogP contribution in [0.4, 0.5) is 0 Å². The summed E-state index contributed by atoms with van der Waals surface area (Å²) in [7, 11) is 0. The third-order valence-corrected chi connectivity index (χ3v) is 5.25. The fourth-order valence-electron chi connectivity index (χ4n) is 2.93. The van der Waals surface area contributed by atoms with E-state index in [0.29, 0.717) is 12.1 Å². The molecular formula is C20H33N7O7. The zero-order valence-electron chi connectivity index (χ0n) is 19.3. The van der Waals surface area contributed by atoms with Gasteiger partial charge >= 0.3 is 5.97 Å². The van der Waals surface area contributed by atoms with Gasteiger partial charge in [-0.2, -0.15) is 0 Å². The molecule has 0 saturated heterocycles. The largest absolute Gasteiger partial charge is 0.480 e. The lowest BCUT2D eigenvalue weighted by molar-refractivity contribution is -0.143. The maximum absolute atomic E-state index is 12.8. The van der Waals surface area contributed by atoms with E-state index in [0.717, 1.165) is 0 Å². The van der Waals surface area contributed by atoms with Crippen molar-refractivity contribution in [3.63, 3.8) is 0 Å². The lowest BCUT2D eigenvalue weighted by Gasteiger charge is -2.26. The molecule has 6 atom stereocenters. The van der Waals surface area contributed by atoms with Gasteiger partial charge in [0.1, 0.15) is 18.1 Å². The van der Waals surface area contributed by atoms with Crippen LogP contribution in [0, 0.1) is 5.92 Å². The van der Waals surface area contributed by atoms with Gasteiger partial charge in [-0.15, -0.1) is 0 Å². The number of aliphatic carboxylic acids is 1. The second kappa shape index (κ2) is 13.3. The molecule has 0 bridgehead atoms. The van der Waals surface area contributed by atoms with Crippen LogP contribution in [0.3, 0.4) is 0 Å². The number of nitrogens with zero attached hydrogens (tertiary/aromatic N) is 1. The molecule has 6 unspecified atom stereocenters. The van der Waals surface area contributed by atoms with Crippen molar-refractivity contribution < 1.29 is 34.2 Å². The number of carboxylic acid groups (broad SMARTS) is 1. The lowest BCUT2D eigenvalue weighted by atomic mass is 9.99. The minimum atomic E-state index is -1.59. The van der Waals surface area contributed by atoms with Gasteiger partial charge in [-0.3, -0.25) is 19.2 Å². The SMILES string of the molecule is CCC(C)C(N)C(=O)NC(CC(N)=O)C(=O)NC(C(=O)NC(Cc1cnc[nH]1)C(=O)O)C(C)O. The van der Waals surface area contributed by atoms with Crippen LogP contribution >= 0.6 is 0 Å². The molecule has 0 aliphatic heterocycles. The second-order valence-corrected chi connectivity index (χ2v) is 8.05. The monoisotopic (exact) mass is 483 g/mol. The number of imidazole rings is 1. The minimum Gasteiger partial charge on any atom is -0.480 e. The number of primary amides is 1. The number of carboxylic acids is 1. The van der Waals surface area contributed by atoms with Gasteiger partial charge < -0.3 is 42.6 Å². The summed E-state index contributed by atoms with van der Waals surface area (Å²) in [6, 6.07) is -5.40. The van der Waals surface area contributed by atoms with Gasteiger partial charge in [0.25, 0.3) is 0 Å². The Labute approximate surface area is 196 Å². The average molecular weight is 484 g/mol. The van der Waals surface area contributed by atoms with E-state index in [9.17, 15) is 34.2 Å². The first kappa shape index (κ1) is 28.5. The molecule has 14 heteroatoms. The van der Waals surface area contributed by atoms with E-state index >= 15 is 0 Å². The first-order valence-electron chi connectivity index (χ1n) is 10.7. The van der Waals surface area contributed by atoms with E-state index in [1.807, 2.05) is 6.92 Å². The van der Waals surface area contributed by atoms with Gasteiger partial charge in [0.2, 0.25) is 23.6 Å². The highest BCUT2D eigenvalue weighted by Crippen LogP contribution is 2.07. The molecule has 0 aliphatic rings. The predicted molar refractivity (Wildman–Crippen MR) is 119 cm³/mol. The summed E-state index contributed by atoms with van der Waals surface area (Å²) in [6.07, 6.45) is 1.16. The minimum absolute atomic E-state index is 0.130. The van der Waals surface area contributed by atoms with Crippen molar-refractivity contribution in [2.24, 2.45) is 17.4 Å². The molecule has 0 aliphatic carbocycles. The summed E-state index contributed by atoms with van der Waals surface area (Å²) < 4.78 is 0. The Balaban J connectivity index is 2.96. The summed E-state index contributed by atoms with van der Waals surface area (Å²) in [5.41, 5.74) is 11.5. The van der Waals surface area contributed by atoms with Crippen molar-refractivity contribution >= 4 is 29.6 Å². The quantitative estimate of drug-likeness (QED) is 0.135. The Morgan fingerprint density at radius 1 is 1.06 bits per heavy atom. The van der Waals surface area contributed by atoms with Crippen LogP contribution in [-0.4, -0.2) is 80.1 Å². The van der Waals surface area contributed by atoms with Gasteiger partial charge in [0, 0.05) is 18.3 Å². The average Bonchev–Trinajstić information content (AvgIpc) is 3.27. The van der Waals surface area contributed by atoms with E-state index in [2.05, 4.69) is 25.9 Å². The summed E-state index contributed by atoms with van der Waals surface area (Å²) >= 11 is 0. The molecule has 34 heavy (non-hydrogen) atoms. The van der Waals surface area contributed by atoms with Crippen LogP contribution in [0.1, 0.15) is 39.3 Å². The van der Waals surface area contributed by atoms with Crippen molar-refractivity contribution in [3.8, 4) is 0 Å². The normalized spacial score (nSPS) is 16.3. The van der Waals surface area contributed by atoms with Gasteiger partial charge in [-0.05, 0) is 12.8 Å². The number of H-pyrrole nitrogens is 1. The molecule has 14 nitrogen and oxygen atoms in total. The van der Waals surface area contributed by atoms with Crippen molar-refractivity contribution in [1.29, 1.82) is 0 Å². The lowest BCUT2D eigenvalue weighted by Crippen LogP contribution is -2.60. The van der Waals surface area contributed by atoms with Crippen LogP contribution < -0.4 is 27.4 Å². The van der Waals surface area contributed by atoms with Gasteiger partial charge in [-0.1, -0.05) is 20.3 Å². The van der Waals surface area contributed by atoms with Crippen molar-refractivity contribution in [1.82, 2.24) is 25.9 Å². The number of aromatic nitrogens is 2. The molecule has 10 N–H and O–H groups in total. The third-order valence-electron chi connectivity index (χ3n) is 5.25. The van der Waals surface area contributed by atoms with E-state index in [4.69, 9.17) is 11.5 Å². The van der Waals surface area contributed by atoms with Crippen LogP contribution in [0.5, 0.6) is 0 Å². The first-order chi connectivity index (χ1) is 15.9. The molecule has 1 aromatic heterocycles. The Hall–Kier alpha value is -3.52. The second-order valence-electron chi connectivity index (χ2n) is 8.05. The number of amides is 4. The number of aliphatic hydroxyl groups excluding tert-OH is 1. The van der Waals surface area contributed by atoms with E-state index in [1.165, 1.54) is 19.4 Å². The Morgan fingerprint density at radius 3 is 2.15 bits per heavy atom. The third kappa shape index (κ3) is 8.78. The molecule has 0 saturated carbocycles. The number of aromatic amines is 1. The zero-order chi connectivity index (χ0) is 26.0. The molecule has 0 spiro atoms. The Bertz CT molecular complexity index is 859. The number of nitrogens with two attached hydrogens (primary N) is 2. The number of hydrogen-bond acceptors (Lipinski definition) is 8. The van der Waals surface area contributed by atoms with E-state index in [1.54, 1.807) is 6.92 Å². The van der Waals surface area contributed by atoms with Crippen molar-refractivity contribution in [3.05, 3.63) is 18.2 Å². The number of nitrogens with one attached hydrogen (secondary N) is 4. The number of carbonyl (C=O) groups is 5. The zero-order valence-corrected chi connectivity index (χ0v) is 19.3. The molecule has 1 aromatic rings. The summed E-state index contributed by atoms with van der Waals surface area (Å²) in [6.45, 7) is 4.77. The van der Waals surface area contributed by atoms with Gasteiger partial charge in [-0.25, -0.2) is 9.78 Å². The summed E-state index contributed by atoms with van der Waals surface area (Å²) in [5.74, 6) is -5.13. The summed E-state index contributed by atoms with van der Waals surface area (Å²) in [4.78, 5) is 67.3. The predicted octanol–water partition coefficient (Wildman–Crippen LogP) is -2.88. The molecule has 1 heterocycles. The van der Waals surface area contributed by atoms with Crippen LogP contribution in [0.15, 0.2) is 12.5 Å². The van der Waals surface area contributed by atoms with Crippen LogP contribution in [-0.2, 0) is 30.4 Å². The smallest absolute Gasteiger partial charge is 0.326 e. The highest BCUT2D eigenvalue weighted by Gasteiger charge is 2.33. The van der Waals surface area contributed by atoms with Crippen LogP contribution in [0.2, 0.25) is 0 Å². The van der Waals surface area contributed by atoms with E-state index in [-0.39, 0.29) is 12.3 Å². The fourth-order valence-corrected chi connectivity index (χ4v) is 2.93. The molecule has 1 rings (SSSR count). The standard InChI is InChI=1S/C20H33N7O7/c1-4-9(2)15(22)18(31)25-12(6-14(21)29)17(30)27-16(10(3)28)19(32)26-13(20(33)34)5-11-7-23-8-24-11/h7-10,12-13,15-16,28H,4-6,22H2,1-3H3,(H2,21,29)(H,23,24)(H,25,31)(H,26,32)(H,27,30)(H,33,34). The van der Waals surface area contributed by atoms with Crippen LogP contribution in [0.25, 0.3) is 0 Å². The Morgan fingerprint density at radius 2 is 1.68 bits per heavy atom. The molecule has 190 valence electrons. The number of hydrogen-bond donors (Lipinski definition) is 8. The molecule has 4 amide bonds. The van der Waals surface area contributed by atoms with Gasteiger partial charge in [0.15, 0.2) is 0 Å². The number of carbonyl (C=O) groups excluding carboxylic acids is 4. The van der Waals surface area contributed by atoms with Crippen molar-refractivity contribution in [2.45, 2.75) is 70.3 Å². The highest BCUT2D eigenvalue weighted by molar-refractivity contribution is 5.96. The maximum atomic E-state index is 12.8. The molecular weight excluding hydrogens is 450 g/mol. The fraction of sp³-hybridized carbons (Fsp3) is 0.600. The highest BCUT2D eigenvalue weighted by atomic mass is 16.4. The van der Waals surface area contributed by atoms with E-state index < -0.39 is 66.3 Å². The molecule has 0 fully saturated rings. The molecule has 0 radical (unpaired) electrons. The maximum Gasteiger partial charge on any atom is 0.326 e. The molecule has 0 aromatic carbocycles. The van der Waals surface area contributed by atoms with Gasteiger partial charge in [0.05, 0.1) is 24.9 Å². The number of aliphatic hydroxyl groups is 1. The topological polar surface area (TPSA) is 243 Å². The summed E-state index contributed by atoms with van der Waals surface area (Å²) in [5, 5.41) is 26.3. The Kier molecular flexibility index (Phi) is 11.1. The van der Waals surface area contributed by atoms with Crippen molar-refractivity contribution in [2.75, 3.05) is 0 Å². The number of rotatable bonds is 14. The first-order valence-corrected chi connectivity index (χ1v) is 10.7.